The van der Waals surface area contributed by atoms with Crippen LogP contribution in [0.25, 0.3) is 0 Å². The Morgan fingerprint density at radius 1 is 1.43 bits per heavy atom. The van der Waals surface area contributed by atoms with E-state index in [1.165, 1.54) is 11.3 Å². The maximum atomic E-state index is 12.4. The van der Waals surface area contributed by atoms with Gasteiger partial charge in [0.25, 0.3) is 5.91 Å². The average molecular weight is 333 g/mol. The molecule has 0 bridgehead atoms. The van der Waals surface area contributed by atoms with E-state index < -0.39 is 0 Å². The van der Waals surface area contributed by atoms with E-state index in [-0.39, 0.29) is 12.0 Å². The van der Waals surface area contributed by atoms with E-state index in [4.69, 9.17) is 9.47 Å². The van der Waals surface area contributed by atoms with Crippen LogP contribution in [0.2, 0.25) is 0 Å². The van der Waals surface area contributed by atoms with Crippen LogP contribution in [-0.2, 0) is 11.2 Å². The van der Waals surface area contributed by atoms with E-state index in [1.807, 2.05) is 19.1 Å². The molecule has 1 N–H and O–H groups in total. The van der Waals surface area contributed by atoms with Crippen LogP contribution in [0.4, 0.5) is 5.13 Å². The number of nitrogens with one attached hydrogen (secondary N) is 1. The number of ether oxygens (including phenoxy) is 2. The lowest BCUT2D eigenvalue weighted by atomic mass is 10.2. The number of nitrogens with zero attached hydrogens (tertiary/aromatic N) is 2. The van der Waals surface area contributed by atoms with Gasteiger partial charge in [0.2, 0.25) is 5.13 Å². The smallest absolute Gasteiger partial charge is 0.261 e. The number of hydrogen-bond donors (Lipinski definition) is 1. The number of anilines is 1. The molecule has 3 rings (SSSR count). The van der Waals surface area contributed by atoms with Gasteiger partial charge in [0, 0.05) is 6.61 Å². The van der Waals surface area contributed by atoms with Crippen LogP contribution in [0.1, 0.15) is 35.1 Å². The first-order valence-electron chi connectivity index (χ1n) is 7.73. The highest BCUT2D eigenvalue weighted by Crippen LogP contribution is 2.23. The summed E-state index contributed by atoms with van der Waals surface area (Å²) in [5.41, 5.74) is 0.485. The van der Waals surface area contributed by atoms with E-state index >= 15 is 0 Å². The second kappa shape index (κ2) is 7.52. The van der Waals surface area contributed by atoms with Crippen LogP contribution in [0.5, 0.6) is 5.75 Å². The topological polar surface area (TPSA) is 73.3 Å². The predicted molar refractivity (Wildman–Crippen MR) is 88.2 cm³/mol. The van der Waals surface area contributed by atoms with Crippen molar-refractivity contribution < 1.29 is 14.3 Å². The van der Waals surface area contributed by atoms with Gasteiger partial charge in [-0.1, -0.05) is 30.4 Å². The zero-order chi connectivity index (χ0) is 16.1. The van der Waals surface area contributed by atoms with Gasteiger partial charge >= 0.3 is 0 Å². The number of aryl methyl sites for hydroxylation is 1. The quantitative estimate of drug-likeness (QED) is 0.880. The van der Waals surface area contributed by atoms with Gasteiger partial charge in [0.05, 0.1) is 11.7 Å². The number of para-hydroxylation sites is 1. The van der Waals surface area contributed by atoms with Gasteiger partial charge in [0.1, 0.15) is 17.4 Å². The molecule has 0 spiro atoms. The first-order valence-corrected chi connectivity index (χ1v) is 8.55. The third-order valence-electron chi connectivity index (χ3n) is 3.57. The fraction of sp³-hybridized carbons (Fsp3) is 0.438. The van der Waals surface area contributed by atoms with Crippen molar-refractivity contribution in [2.75, 3.05) is 18.5 Å². The highest BCUT2D eigenvalue weighted by atomic mass is 32.1. The summed E-state index contributed by atoms with van der Waals surface area (Å²) in [6.45, 7) is 3.25. The molecule has 1 aliphatic heterocycles. The first kappa shape index (κ1) is 15.9. The van der Waals surface area contributed by atoms with Crippen molar-refractivity contribution in [3.05, 3.63) is 34.8 Å². The minimum atomic E-state index is -0.244. The standard InChI is InChI=1S/C16H19N3O3S/c1-2-14-18-19-16(23-14)17-15(20)12-7-3-4-8-13(12)22-10-11-6-5-9-21-11/h3-4,7-8,11H,2,5-6,9-10H2,1H3,(H,17,19,20). The summed E-state index contributed by atoms with van der Waals surface area (Å²) < 4.78 is 11.3. The van der Waals surface area contributed by atoms with Crippen molar-refractivity contribution >= 4 is 22.4 Å². The summed E-state index contributed by atoms with van der Waals surface area (Å²) in [5.74, 6) is 0.312. The maximum absolute atomic E-state index is 12.4. The van der Waals surface area contributed by atoms with Gasteiger partial charge in [-0.25, -0.2) is 0 Å². The van der Waals surface area contributed by atoms with Gasteiger partial charge in [-0.2, -0.15) is 0 Å². The lowest BCUT2D eigenvalue weighted by Gasteiger charge is -2.14. The third kappa shape index (κ3) is 4.05. The molecular formula is C16H19N3O3S. The second-order valence-electron chi connectivity index (χ2n) is 5.25. The van der Waals surface area contributed by atoms with E-state index in [0.717, 1.165) is 30.9 Å². The summed E-state index contributed by atoms with van der Waals surface area (Å²) in [6, 6.07) is 7.19. The number of carbonyl (C=O) groups is 1. The van der Waals surface area contributed by atoms with Gasteiger partial charge in [-0.3, -0.25) is 10.1 Å². The van der Waals surface area contributed by atoms with Crippen molar-refractivity contribution in [3.8, 4) is 5.75 Å². The Bertz CT molecular complexity index is 668. The summed E-state index contributed by atoms with van der Waals surface area (Å²) in [4.78, 5) is 12.4. The summed E-state index contributed by atoms with van der Waals surface area (Å²) in [6.07, 6.45) is 2.97. The van der Waals surface area contributed by atoms with Crippen molar-refractivity contribution in [1.82, 2.24) is 10.2 Å². The molecule has 1 aromatic carbocycles. The molecule has 2 heterocycles. The van der Waals surface area contributed by atoms with Gasteiger partial charge in [-0.15, -0.1) is 10.2 Å². The molecule has 1 aromatic heterocycles. The molecule has 1 saturated heterocycles. The molecule has 0 saturated carbocycles. The molecule has 0 radical (unpaired) electrons. The van der Waals surface area contributed by atoms with Crippen LogP contribution < -0.4 is 10.1 Å². The van der Waals surface area contributed by atoms with Crippen molar-refractivity contribution in [3.63, 3.8) is 0 Å². The molecule has 1 amide bonds. The SMILES string of the molecule is CCc1nnc(NC(=O)c2ccccc2OCC2CCCO2)s1. The Hall–Kier alpha value is -1.99. The predicted octanol–water partition coefficient (Wildman–Crippen LogP) is 2.91. The highest BCUT2D eigenvalue weighted by molar-refractivity contribution is 7.15. The zero-order valence-corrected chi connectivity index (χ0v) is 13.8. The van der Waals surface area contributed by atoms with Crippen molar-refractivity contribution in [2.45, 2.75) is 32.3 Å². The molecule has 122 valence electrons. The first-order chi connectivity index (χ1) is 11.3. The largest absolute Gasteiger partial charge is 0.490 e. The number of benzene rings is 1. The normalized spacial score (nSPS) is 17.2. The second-order valence-corrected chi connectivity index (χ2v) is 6.31. The van der Waals surface area contributed by atoms with Crippen LogP contribution in [0.15, 0.2) is 24.3 Å². The van der Waals surface area contributed by atoms with Gasteiger partial charge in [0.15, 0.2) is 0 Å². The number of aromatic nitrogens is 2. The summed E-state index contributed by atoms with van der Waals surface area (Å²) in [5, 5.41) is 12.1. The Kier molecular flexibility index (Phi) is 5.19. The Balaban J connectivity index is 1.66. The Morgan fingerprint density at radius 2 is 2.30 bits per heavy atom. The molecule has 1 unspecified atom stereocenters. The minimum absolute atomic E-state index is 0.112. The van der Waals surface area contributed by atoms with Crippen LogP contribution in [0, 0.1) is 0 Å². The van der Waals surface area contributed by atoms with Crippen molar-refractivity contribution in [2.24, 2.45) is 0 Å². The highest BCUT2D eigenvalue weighted by Gasteiger charge is 2.19. The summed E-state index contributed by atoms with van der Waals surface area (Å²) in [7, 11) is 0. The van der Waals surface area contributed by atoms with E-state index in [1.54, 1.807) is 12.1 Å². The molecule has 1 atom stereocenters. The lowest BCUT2D eigenvalue weighted by Crippen LogP contribution is -2.19. The zero-order valence-electron chi connectivity index (χ0n) is 12.9. The fourth-order valence-electron chi connectivity index (χ4n) is 2.35. The van der Waals surface area contributed by atoms with E-state index in [0.29, 0.717) is 23.1 Å². The molecular weight excluding hydrogens is 314 g/mol. The van der Waals surface area contributed by atoms with Crippen LogP contribution in [0.3, 0.4) is 0 Å². The monoisotopic (exact) mass is 333 g/mol. The van der Waals surface area contributed by atoms with Crippen LogP contribution >= 0.6 is 11.3 Å². The molecule has 23 heavy (non-hydrogen) atoms. The number of rotatable bonds is 6. The van der Waals surface area contributed by atoms with Crippen LogP contribution in [-0.4, -0.2) is 35.4 Å². The number of amides is 1. The molecule has 7 heteroatoms. The Labute approximate surface area is 138 Å². The molecule has 0 aliphatic carbocycles. The van der Waals surface area contributed by atoms with Gasteiger partial charge in [-0.05, 0) is 31.4 Å². The lowest BCUT2D eigenvalue weighted by molar-refractivity contribution is 0.0673. The van der Waals surface area contributed by atoms with E-state index in [2.05, 4.69) is 15.5 Å². The summed E-state index contributed by atoms with van der Waals surface area (Å²) >= 11 is 1.38. The minimum Gasteiger partial charge on any atom is -0.490 e. The Morgan fingerprint density at radius 3 is 3.04 bits per heavy atom. The van der Waals surface area contributed by atoms with Crippen molar-refractivity contribution in [1.29, 1.82) is 0 Å². The molecule has 2 aromatic rings. The van der Waals surface area contributed by atoms with Gasteiger partial charge < -0.3 is 9.47 Å². The average Bonchev–Trinajstić information content (AvgIpc) is 3.24. The fourth-order valence-corrected chi connectivity index (χ4v) is 3.02. The van der Waals surface area contributed by atoms with E-state index in [9.17, 15) is 4.79 Å². The molecule has 1 aliphatic rings. The molecule has 1 fully saturated rings. The molecule has 6 nitrogen and oxygen atoms in total. The third-order valence-corrected chi connectivity index (χ3v) is 4.55. The maximum Gasteiger partial charge on any atom is 0.261 e. The number of carbonyl (C=O) groups excluding carboxylic acids is 1. The number of hydrogen-bond acceptors (Lipinski definition) is 6.